The van der Waals surface area contributed by atoms with Crippen LogP contribution in [0.5, 0.6) is 5.75 Å². The number of aliphatic imine (C=N–C) groups is 1. The van der Waals surface area contributed by atoms with Crippen LogP contribution in [0.25, 0.3) is 6.08 Å². The molecule has 148 valence electrons. The molecule has 0 radical (unpaired) electrons. The summed E-state index contributed by atoms with van der Waals surface area (Å²) in [4.78, 5) is 29.6. The lowest BCUT2D eigenvalue weighted by molar-refractivity contribution is -0.384. The summed E-state index contributed by atoms with van der Waals surface area (Å²) in [6, 6.07) is 19.6. The third kappa shape index (κ3) is 3.72. The number of carbonyl (C=O) groups excluding carboxylic acids is 1. The molecular weight excluding hydrogens is 450 g/mol. The number of carbonyl (C=O) groups is 1. The van der Waals surface area contributed by atoms with E-state index in [1.165, 1.54) is 29.2 Å². The van der Waals surface area contributed by atoms with Gasteiger partial charge in [-0.3, -0.25) is 19.8 Å². The molecule has 0 aliphatic carbocycles. The van der Waals surface area contributed by atoms with E-state index in [9.17, 15) is 20.0 Å². The summed E-state index contributed by atoms with van der Waals surface area (Å²) in [7, 11) is 0. The molecular formula is C22H14BrN3O4. The van der Waals surface area contributed by atoms with E-state index >= 15 is 0 Å². The number of anilines is 1. The molecule has 0 atom stereocenters. The van der Waals surface area contributed by atoms with Crippen molar-refractivity contribution in [3.8, 4) is 5.75 Å². The van der Waals surface area contributed by atoms with Crippen molar-refractivity contribution in [3.05, 3.63) is 104 Å². The van der Waals surface area contributed by atoms with Gasteiger partial charge in [0, 0.05) is 22.2 Å². The highest BCUT2D eigenvalue weighted by molar-refractivity contribution is 9.10. The van der Waals surface area contributed by atoms with E-state index in [0.717, 1.165) is 10.0 Å². The van der Waals surface area contributed by atoms with E-state index in [-0.39, 0.29) is 23.0 Å². The van der Waals surface area contributed by atoms with Crippen molar-refractivity contribution in [1.82, 2.24) is 0 Å². The normalized spacial score (nSPS) is 14.8. The van der Waals surface area contributed by atoms with Gasteiger partial charge in [-0.1, -0.05) is 34.1 Å². The van der Waals surface area contributed by atoms with Crippen LogP contribution >= 0.6 is 15.9 Å². The molecule has 3 aromatic rings. The quantitative estimate of drug-likeness (QED) is 0.338. The summed E-state index contributed by atoms with van der Waals surface area (Å²) >= 11 is 3.50. The molecule has 0 unspecified atom stereocenters. The van der Waals surface area contributed by atoms with Gasteiger partial charge < -0.3 is 5.11 Å². The maximum atomic E-state index is 13.2. The van der Waals surface area contributed by atoms with Crippen molar-refractivity contribution in [1.29, 1.82) is 0 Å². The third-order valence-electron chi connectivity index (χ3n) is 4.49. The van der Waals surface area contributed by atoms with Gasteiger partial charge in [-0.05, 0) is 54.1 Å². The zero-order valence-electron chi connectivity index (χ0n) is 15.4. The molecule has 7 nitrogen and oxygen atoms in total. The highest BCUT2D eigenvalue weighted by atomic mass is 79.9. The van der Waals surface area contributed by atoms with Crippen LogP contribution in [0.4, 0.5) is 11.4 Å². The molecule has 0 bridgehead atoms. The maximum absolute atomic E-state index is 13.2. The molecule has 0 aromatic heterocycles. The Balaban J connectivity index is 1.80. The number of amidine groups is 1. The van der Waals surface area contributed by atoms with Crippen LogP contribution in [0.15, 0.2) is 88.0 Å². The summed E-state index contributed by atoms with van der Waals surface area (Å²) in [6.07, 6.45) is 1.59. The van der Waals surface area contributed by atoms with Crippen LogP contribution in [0.2, 0.25) is 0 Å². The number of phenolic OH excluding ortho intramolecular Hbond substituents is 1. The number of hydrogen-bond donors (Lipinski definition) is 1. The van der Waals surface area contributed by atoms with Crippen LogP contribution in [-0.2, 0) is 4.79 Å². The van der Waals surface area contributed by atoms with E-state index in [1.54, 1.807) is 30.3 Å². The number of nitro groups is 1. The largest absolute Gasteiger partial charge is 0.508 e. The lowest BCUT2D eigenvalue weighted by Gasteiger charge is -2.19. The fourth-order valence-corrected chi connectivity index (χ4v) is 3.49. The Morgan fingerprint density at radius 2 is 1.67 bits per heavy atom. The van der Waals surface area contributed by atoms with Gasteiger partial charge in [0.05, 0.1) is 10.6 Å². The zero-order valence-corrected chi connectivity index (χ0v) is 17.0. The van der Waals surface area contributed by atoms with Gasteiger partial charge in [0.2, 0.25) is 0 Å². The molecule has 0 saturated heterocycles. The number of aromatic hydroxyl groups is 1. The number of non-ortho nitro benzene ring substituents is 1. The van der Waals surface area contributed by atoms with Gasteiger partial charge in [0.25, 0.3) is 11.6 Å². The van der Waals surface area contributed by atoms with E-state index in [1.807, 2.05) is 24.3 Å². The summed E-state index contributed by atoms with van der Waals surface area (Å²) in [6.45, 7) is 0. The average molecular weight is 464 g/mol. The highest BCUT2D eigenvalue weighted by Gasteiger charge is 2.33. The standard InChI is InChI=1S/C22H14BrN3O4/c23-19-4-2-1-3-18(19)21-24-20(13-14-5-7-16(8-6-14)26(29)30)22(28)25(21)15-9-11-17(27)12-10-15/h1-13,27H/b20-13+. The third-order valence-corrected chi connectivity index (χ3v) is 5.18. The Kier molecular flexibility index (Phi) is 5.16. The van der Waals surface area contributed by atoms with Crippen LogP contribution in [0.3, 0.4) is 0 Å². The monoisotopic (exact) mass is 463 g/mol. The number of halogens is 1. The van der Waals surface area contributed by atoms with Crippen LogP contribution in [-0.4, -0.2) is 21.8 Å². The fraction of sp³-hybridized carbons (Fsp3) is 0. The van der Waals surface area contributed by atoms with Crippen LogP contribution < -0.4 is 4.90 Å². The molecule has 0 spiro atoms. The van der Waals surface area contributed by atoms with Crippen LogP contribution in [0.1, 0.15) is 11.1 Å². The molecule has 1 aliphatic heterocycles. The summed E-state index contributed by atoms with van der Waals surface area (Å²) in [5, 5.41) is 20.4. The molecule has 1 N–H and O–H groups in total. The van der Waals surface area contributed by atoms with Crippen molar-refractivity contribution in [2.24, 2.45) is 4.99 Å². The Labute approximate surface area is 179 Å². The first kappa shape index (κ1) is 19.5. The Hall–Kier alpha value is -3.78. The summed E-state index contributed by atoms with van der Waals surface area (Å²) in [5.41, 5.74) is 2.07. The highest BCUT2D eigenvalue weighted by Crippen LogP contribution is 2.31. The molecule has 30 heavy (non-hydrogen) atoms. The summed E-state index contributed by atoms with van der Waals surface area (Å²) in [5.74, 6) is 0.183. The molecule has 8 heteroatoms. The number of hydrogen-bond acceptors (Lipinski definition) is 5. The topological polar surface area (TPSA) is 96.0 Å². The first-order chi connectivity index (χ1) is 14.4. The minimum Gasteiger partial charge on any atom is -0.508 e. The van der Waals surface area contributed by atoms with Gasteiger partial charge in [0.1, 0.15) is 17.3 Å². The van der Waals surface area contributed by atoms with Gasteiger partial charge in [-0.2, -0.15) is 0 Å². The van der Waals surface area contributed by atoms with Gasteiger partial charge in [0.15, 0.2) is 0 Å². The van der Waals surface area contributed by atoms with Gasteiger partial charge in [-0.15, -0.1) is 0 Å². The number of nitrogens with zero attached hydrogens (tertiary/aromatic N) is 3. The molecule has 4 rings (SSSR count). The number of nitro benzene ring substituents is 1. The molecule has 0 fully saturated rings. The molecule has 0 saturated carbocycles. The molecule has 1 amide bonds. The minimum absolute atomic E-state index is 0.0296. The Morgan fingerprint density at radius 3 is 2.30 bits per heavy atom. The average Bonchev–Trinajstić information content (AvgIpc) is 3.05. The lowest BCUT2D eigenvalue weighted by atomic mass is 10.1. The van der Waals surface area contributed by atoms with Crippen molar-refractivity contribution >= 4 is 45.1 Å². The SMILES string of the molecule is O=C1/C(=C\c2ccc([N+](=O)[O-])cc2)N=C(c2ccccc2Br)N1c1ccc(O)cc1. The van der Waals surface area contributed by atoms with E-state index in [2.05, 4.69) is 20.9 Å². The van der Waals surface area contributed by atoms with Gasteiger partial charge in [-0.25, -0.2) is 4.99 Å². The van der Waals surface area contributed by atoms with E-state index in [4.69, 9.17) is 0 Å². The fourth-order valence-electron chi connectivity index (χ4n) is 3.03. The van der Waals surface area contributed by atoms with E-state index in [0.29, 0.717) is 17.1 Å². The van der Waals surface area contributed by atoms with Gasteiger partial charge >= 0.3 is 0 Å². The Bertz CT molecular complexity index is 1200. The number of rotatable bonds is 4. The van der Waals surface area contributed by atoms with Crippen molar-refractivity contribution < 1.29 is 14.8 Å². The second-order valence-corrected chi connectivity index (χ2v) is 7.30. The van der Waals surface area contributed by atoms with Crippen molar-refractivity contribution in [2.45, 2.75) is 0 Å². The predicted octanol–water partition coefficient (Wildman–Crippen LogP) is 4.90. The number of phenols is 1. The molecule has 1 aliphatic rings. The van der Waals surface area contributed by atoms with E-state index < -0.39 is 4.92 Å². The second-order valence-electron chi connectivity index (χ2n) is 6.45. The first-order valence-corrected chi connectivity index (χ1v) is 9.66. The van der Waals surface area contributed by atoms with Crippen molar-refractivity contribution in [2.75, 3.05) is 4.90 Å². The number of amides is 1. The molecule has 1 heterocycles. The molecule has 3 aromatic carbocycles. The van der Waals surface area contributed by atoms with Crippen LogP contribution in [0, 0.1) is 10.1 Å². The predicted molar refractivity (Wildman–Crippen MR) is 117 cm³/mol. The zero-order chi connectivity index (χ0) is 21.3. The lowest BCUT2D eigenvalue weighted by Crippen LogP contribution is -2.32. The number of benzene rings is 3. The minimum atomic E-state index is -0.479. The van der Waals surface area contributed by atoms with Crippen molar-refractivity contribution in [3.63, 3.8) is 0 Å². The second kappa shape index (κ2) is 7.92. The summed E-state index contributed by atoms with van der Waals surface area (Å²) < 4.78 is 0.775. The smallest absolute Gasteiger partial charge is 0.282 e. The Morgan fingerprint density at radius 1 is 1.00 bits per heavy atom. The first-order valence-electron chi connectivity index (χ1n) is 8.87. The maximum Gasteiger partial charge on any atom is 0.282 e.